The van der Waals surface area contributed by atoms with Crippen LogP contribution < -0.4 is 5.32 Å². The monoisotopic (exact) mass is 326 g/mol. The molecule has 0 bridgehead atoms. The molecule has 1 aromatic heterocycles. The quantitative estimate of drug-likeness (QED) is 0.897. The summed E-state index contributed by atoms with van der Waals surface area (Å²) < 4.78 is 14.1. The lowest BCUT2D eigenvalue weighted by Crippen LogP contribution is -2.12. The fourth-order valence-corrected chi connectivity index (χ4v) is 3.52. The molecule has 1 N–H and O–H groups in total. The van der Waals surface area contributed by atoms with Crippen LogP contribution in [0, 0.1) is 5.82 Å². The Morgan fingerprint density at radius 2 is 2.28 bits per heavy atom. The van der Waals surface area contributed by atoms with Crippen LogP contribution in [0.4, 0.5) is 4.39 Å². The van der Waals surface area contributed by atoms with Crippen LogP contribution in [0.2, 0.25) is 0 Å². The van der Waals surface area contributed by atoms with E-state index in [0.717, 1.165) is 33.7 Å². The molecule has 94 valence electrons. The first-order chi connectivity index (χ1) is 8.72. The van der Waals surface area contributed by atoms with Crippen molar-refractivity contribution in [3.63, 3.8) is 0 Å². The number of rotatable bonds is 2. The van der Waals surface area contributed by atoms with E-state index in [1.807, 2.05) is 6.07 Å². The zero-order valence-electron chi connectivity index (χ0n) is 9.62. The maximum atomic E-state index is 13.4. The predicted molar refractivity (Wildman–Crippen MR) is 75.2 cm³/mol. The molecule has 2 aromatic rings. The van der Waals surface area contributed by atoms with Crippen LogP contribution in [-0.4, -0.2) is 11.5 Å². The summed E-state index contributed by atoms with van der Waals surface area (Å²) in [5.74, 6) is -0.241. The van der Waals surface area contributed by atoms with E-state index >= 15 is 0 Å². The normalized spacial score (nSPS) is 19.3. The van der Waals surface area contributed by atoms with Gasteiger partial charge in [0.1, 0.15) is 10.8 Å². The first-order valence-electron chi connectivity index (χ1n) is 5.87. The molecule has 1 aliphatic rings. The second-order valence-electron chi connectivity index (χ2n) is 4.38. The SMILES string of the molecule is Fc1cc(Br)cc(-c2nc([C@@H]3CCCN3)cs2)c1. The number of nitrogens with one attached hydrogen (secondary N) is 1. The smallest absolute Gasteiger partial charge is 0.125 e. The van der Waals surface area contributed by atoms with Gasteiger partial charge in [-0.1, -0.05) is 15.9 Å². The molecule has 3 rings (SSSR count). The summed E-state index contributed by atoms with van der Waals surface area (Å²) in [5.41, 5.74) is 1.91. The van der Waals surface area contributed by atoms with Gasteiger partial charge < -0.3 is 5.32 Å². The summed E-state index contributed by atoms with van der Waals surface area (Å²) in [6, 6.07) is 5.24. The summed E-state index contributed by atoms with van der Waals surface area (Å²) >= 11 is 4.88. The molecule has 0 saturated carbocycles. The molecular formula is C13H12BrFN2S. The minimum absolute atomic E-state index is 0.241. The van der Waals surface area contributed by atoms with E-state index in [2.05, 4.69) is 31.6 Å². The van der Waals surface area contributed by atoms with Crippen LogP contribution in [-0.2, 0) is 0 Å². The van der Waals surface area contributed by atoms with Crippen LogP contribution >= 0.6 is 27.3 Å². The number of hydrogen-bond acceptors (Lipinski definition) is 3. The molecular weight excluding hydrogens is 315 g/mol. The van der Waals surface area contributed by atoms with Crippen molar-refractivity contribution in [1.29, 1.82) is 0 Å². The number of aromatic nitrogens is 1. The number of hydrogen-bond donors (Lipinski definition) is 1. The van der Waals surface area contributed by atoms with Crippen molar-refractivity contribution in [2.75, 3.05) is 6.54 Å². The van der Waals surface area contributed by atoms with Crippen molar-refractivity contribution in [2.45, 2.75) is 18.9 Å². The van der Waals surface area contributed by atoms with Gasteiger partial charge in [-0.2, -0.15) is 0 Å². The zero-order chi connectivity index (χ0) is 12.5. The molecule has 0 spiro atoms. The molecule has 0 aliphatic carbocycles. The van der Waals surface area contributed by atoms with Crippen LogP contribution in [0.15, 0.2) is 28.1 Å². The summed E-state index contributed by atoms with van der Waals surface area (Å²) in [5, 5.41) is 6.36. The molecule has 1 atom stereocenters. The second kappa shape index (κ2) is 5.07. The average molecular weight is 327 g/mol. The Morgan fingerprint density at radius 1 is 1.39 bits per heavy atom. The first kappa shape index (κ1) is 12.3. The van der Waals surface area contributed by atoms with Gasteiger partial charge in [-0.15, -0.1) is 11.3 Å². The Bertz CT molecular complexity index is 544. The van der Waals surface area contributed by atoms with E-state index in [0.29, 0.717) is 6.04 Å². The van der Waals surface area contributed by atoms with Crippen molar-refractivity contribution in [1.82, 2.24) is 10.3 Å². The van der Waals surface area contributed by atoms with Crippen molar-refractivity contribution >= 4 is 27.3 Å². The van der Waals surface area contributed by atoms with Gasteiger partial charge in [-0.3, -0.25) is 0 Å². The predicted octanol–water partition coefficient (Wildman–Crippen LogP) is 4.14. The van der Waals surface area contributed by atoms with E-state index in [1.54, 1.807) is 11.3 Å². The highest BCUT2D eigenvalue weighted by Crippen LogP contribution is 2.31. The standard InChI is InChI=1S/C13H12BrFN2S/c14-9-4-8(5-10(15)6-9)13-17-12(7-18-13)11-2-1-3-16-11/h4-7,11,16H,1-3H2/t11-/m0/s1. The van der Waals surface area contributed by atoms with E-state index in [1.165, 1.54) is 18.6 Å². The van der Waals surface area contributed by atoms with Crippen molar-refractivity contribution in [3.8, 4) is 10.6 Å². The van der Waals surface area contributed by atoms with Crippen LogP contribution in [0.3, 0.4) is 0 Å². The summed E-state index contributed by atoms with van der Waals surface area (Å²) in [4.78, 5) is 4.61. The average Bonchev–Trinajstić information content (AvgIpc) is 2.99. The van der Waals surface area contributed by atoms with Crippen molar-refractivity contribution in [2.24, 2.45) is 0 Å². The summed E-state index contributed by atoms with van der Waals surface area (Å²) in [6.07, 6.45) is 2.33. The first-order valence-corrected chi connectivity index (χ1v) is 7.55. The molecule has 1 fully saturated rings. The molecule has 1 aliphatic heterocycles. The van der Waals surface area contributed by atoms with Gasteiger partial charge in [0.15, 0.2) is 0 Å². The fraction of sp³-hybridized carbons (Fsp3) is 0.308. The Balaban J connectivity index is 1.92. The lowest BCUT2D eigenvalue weighted by Gasteiger charge is -2.05. The minimum atomic E-state index is -0.241. The van der Waals surface area contributed by atoms with Gasteiger partial charge in [0.25, 0.3) is 0 Å². The Hall–Kier alpha value is -0.780. The lowest BCUT2D eigenvalue weighted by molar-refractivity contribution is 0.627. The molecule has 1 saturated heterocycles. The van der Waals surface area contributed by atoms with E-state index in [-0.39, 0.29) is 5.82 Å². The zero-order valence-corrected chi connectivity index (χ0v) is 12.0. The van der Waals surface area contributed by atoms with Gasteiger partial charge >= 0.3 is 0 Å². The number of benzene rings is 1. The maximum absolute atomic E-state index is 13.4. The van der Waals surface area contributed by atoms with Gasteiger partial charge in [0.2, 0.25) is 0 Å². The van der Waals surface area contributed by atoms with E-state index < -0.39 is 0 Å². The molecule has 2 nitrogen and oxygen atoms in total. The Morgan fingerprint density at radius 3 is 3.00 bits per heavy atom. The van der Waals surface area contributed by atoms with Crippen molar-refractivity contribution in [3.05, 3.63) is 39.6 Å². The fourth-order valence-electron chi connectivity index (χ4n) is 2.19. The number of nitrogens with zero attached hydrogens (tertiary/aromatic N) is 1. The molecule has 5 heteroatoms. The molecule has 1 aromatic carbocycles. The summed E-state index contributed by atoms with van der Waals surface area (Å²) in [7, 11) is 0. The highest BCUT2D eigenvalue weighted by molar-refractivity contribution is 9.10. The number of halogens is 2. The van der Waals surface area contributed by atoms with Crippen LogP contribution in [0.5, 0.6) is 0 Å². The van der Waals surface area contributed by atoms with Gasteiger partial charge in [-0.05, 0) is 37.6 Å². The third-order valence-corrected chi connectivity index (χ3v) is 4.42. The minimum Gasteiger partial charge on any atom is -0.309 e. The third-order valence-electron chi connectivity index (χ3n) is 3.05. The maximum Gasteiger partial charge on any atom is 0.125 e. The summed E-state index contributed by atoms with van der Waals surface area (Å²) in [6.45, 7) is 1.06. The van der Waals surface area contributed by atoms with E-state index in [9.17, 15) is 4.39 Å². The third kappa shape index (κ3) is 2.48. The highest BCUT2D eigenvalue weighted by atomic mass is 79.9. The van der Waals surface area contributed by atoms with Gasteiger partial charge in [-0.25, -0.2) is 9.37 Å². The molecule has 0 unspecified atom stereocenters. The molecule has 0 radical (unpaired) electrons. The topological polar surface area (TPSA) is 24.9 Å². The van der Waals surface area contributed by atoms with Crippen LogP contribution in [0.1, 0.15) is 24.6 Å². The number of thiazole rings is 1. The van der Waals surface area contributed by atoms with Gasteiger partial charge in [0.05, 0.1) is 11.7 Å². The second-order valence-corrected chi connectivity index (χ2v) is 6.16. The Labute approximate surface area is 117 Å². The van der Waals surface area contributed by atoms with E-state index in [4.69, 9.17) is 0 Å². The van der Waals surface area contributed by atoms with Crippen LogP contribution in [0.25, 0.3) is 10.6 Å². The largest absolute Gasteiger partial charge is 0.309 e. The highest BCUT2D eigenvalue weighted by Gasteiger charge is 2.19. The molecule has 2 heterocycles. The lowest BCUT2D eigenvalue weighted by atomic mass is 10.2. The van der Waals surface area contributed by atoms with Crippen molar-refractivity contribution < 1.29 is 4.39 Å². The Kier molecular flexibility index (Phi) is 3.46. The van der Waals surface area contributed by atoms with Gasteiger partial charge in [0, 0.05) is 15.4 Å². The molecule has 18 heavy (non-hydrogen) atoms. The molecule has 0 amide bonds.